The van der Waals surface area contributed by atoms with Crippen molar-refractivity contribution in [3.8, 4) is 22.9 Å². The molecule has 2 aromatic heterocycles. The number of likely N-dealkylation sites (N-methyl/N-ethyl adjacent to an activating group) is 1. The molecule has 31 heavy (non-hydrogen) atoms. The molecular weight excluding hydrogens is 408 g/mol. The van der Waals surface area contributed by atoms with Gasteiger partial charge in [0, 0.05) is 41.7 Å². The Morgan fingerprint density at radius 3 is 2.68 bits per heavy atom. The molecule has 4 rings (SSSR count). The van der Waals surface area contributed by atoms with Gasteiger partial charge in [-0.25, -0.2) is 0 Å². The van der Waals surface area contributed by atoms with Crippen molar-refractivity contribution in [1.29, 1.82) is 10.7 Å². The topological polar surface area (TPSA) is 90.1 Å². The van der Waals surface area contributed by atoms with Crippen LogP contribution in [0.25, 0.3) is 11.1 Å². The first kappa shape index (κ1) is 20.8. The number of nitrogens with one attached hydrogen (secondary N) is 1. The van der Waals surface area contributed by atoms with E-state index in [0.717, 1.165) is 27.3 Å². The van der Waals surface area contributed by atoms with Crippen molar-refractivity contribution in [1.82, 2.24) is 9.88 Å². The fourth-order valence-corrected chi connectivity index (χ4v) is 5.26. The zero-order valence-electron chi connectivity index (χ0n) is 17.5. The summed E-state index contributed by atoms with van der Waals surface area (Å²) >= 11 is 1.57. The minimum Gasteiger partial charge on any atom is -0.497 e. The Bertz CT molecular complexity index is 1190. The van der Waals surface area contributed by atoms with E-state index in [1.54, 1.807) is 31.7 Å². The summed E-state index contributed by atoms with van der Waals surface area (Å²) < 4.78 is 5.27. The van der Waals surface area contributed by atoms with Gasteiger partial charge in [0.2, 0.25) is 5.91 Å². The number of rotatable bonds is 4. The van der Waals surface area contributed by atoms with Crippen LogP contribution in [0.2, 0.25) is 0 Å². The molecule has 1 aliphatic rings. The second kappa shape index (κ2) is 7.97. The number of carbonyl (C=O) groups is 1. The number of nitrogens with zero attached hydrogens (tertiary/aromatic N) is 3. The summed E-state index contributed by atoms with van der Waals surface area (Å²) in [6.07, 6.45) is 3.72. The number of nitriles is 1. The van der Waals surface area contributed by atoms with Crippen LogP contribution in [0.3, 0.4) is 0 Å². The molecule has 2 atom stereocenters. The molecule has 0 saturated carbocycles. The molecule has 6 nitrogen and oxygen atoms in total. The van der Waals surface area contributed by atoms with E-state index in [4.69, 9.17) is 10.1 Å². The average molecular weight is 431 g/mol. The summed E-state index contributed by atoms with van der Waals surface area (Å²) in [4.78, 5) is 20.0. The third-order valence-electron chi connectivity index (χ3n) is 5.97. The monoisotopic (exact) mass is 430 g/mol. The highest BCUT2D eigenvalue weighted by Crippen LogP contribution is 2.49. The first-order valence-electron chi connectivity index (χ1n) is 9.81. The Morgan fingerprint density at radius 2 is 2.00 bits per heavy atom. The second-order valence-corrected chi connectivity index (χ2v) is 8.83. The first-order chi connectivity index (χ1) is 14.9. The predicted octanol–water partition coefficient (Wildman–Crippen LogP) is 4.57. The first-order valence-corrected chi connectivity index (χ1v) is 10.7. The number of hydrogen-bond donors (Lipinski definition) is 1. The summed E-state index contributed by atoms with van der Waals surface area (Å²) in [6.45, 7) is 2.06. The normalized spacial score (nSPS) is 21.1. The van der Waals surface area contributed by atoms with E-state index in [2.05, 4.69) is 24.0 Å². The number of methoxy groups -OCH3 is 1. The SMILES string of the molecule is COc1ccc(C2C(=O)N(C)C(=N)C[C@]2(C)c2cc(-c3cncc(C#N)c3)cs2)cc1. The van der Waals surface area contributed by atoms with E-state index in [1.165, 1.54) is 11.1 Å². The maximum atomic E-state index is 13.4. The van der Waals surface area contributed by atoms with Crippen molar-refractivity contribution >= 4 is 23.1 Å². The van der Waals surface area contributed by atoms with Gasteiger partial charge in [-0.3, -0.25) is 15.2 Å². The van der Waals surface area contributed by atoms with Gasteiger partial charge in [-0.1, -0.05) is 19.1 Å². The summed E-state index contributed by atoms with van der Waals surface area (Å²) in [6, 6.07) is 13.6. The van der Waals surface area contributed by atoms with Crippen LogP contribution in [0.5, 0.6) is 5.75 Å². The van der Waals surface area contributed by atoms with E-state index >= 15 is 0 Å². The fourth-order valence-electron chi connectivity index (χ4n) is 4.15. The molecule has 0 spiro atoms. The van der Waals surface area contributed by atoms with Gasteiger partial charge >= 0.3 is 0 Å². The summed E-state index contributed by atoms with van der Waals surface area (Å²) in [5.41, 5.74) is 2.65. The van der Waals surface area contributed by atoms with Gasteiger partial charge in [-0.05, 0) is 40.8 Å². The zero-order chi connectivity index (χ0) is 22.2. The average Bonchev–Trinajstić information content (AvgIpc) is 3.29. The molecule has 0 bridgehead atoms. The molecule has 1 saturated heterocycles. The third kappa shape index (κ3) is 3.60. The van der Waals surface area contributed by atoms with Crippen LogP contribution in [-0.4, -0.2) is 35.8 Å². The lowest BCUT2D eigenvalue weighted by atomic mass is 9.67. The van der Waals surface area contributed by atoms with E-state index < -0.39 is 11.3 Å². The van der Waals surface area contributed by atoms with Crippen LogP contribution < -0.4 is 4.74 Å². The van der Waals surface area contributed by atoms with Crippen molar-refractivity contribution in [3.63, 3.8) is 0 Å². The third-order valence-corrected chi connectivity index (χ3v) is 7.18. The van der Waals surface area contributed by atoms with Crippen LogP contribution in [0, 0.1) is 16.7 Å². The number of amidine groups is 1. The Kier molecular flexibility index (Phi) is 5.34. The van der Waals surface area contributed by atoms with Crippen LogP contribution in [0.1, 0.15) is 35.3 Å². The molecule has 3 heterocycles. The summed E-state index contributed by atoms with van der Waals surface area (Å²) in [5.74, 6) is 0.526. The van der Waals surface area contributed by atoms with Gasteiger partial charge in [-0.15, -0.1) is 11.3 Å². The molecule has 1 fully saturated rings. The number of thiophene rings is 1. The van der Waals surface area contributed by atoms with E-state index in [0.29, 0.717) is 17.8 Å². The van der Waals surface area contributed by atoms with Gasteiger partial charge in [0.15, 0.2) is 0 Å². The number of ether oxygens (including phenoxy) is 1. The van der Waals surface area contributed by atoms with Gasteiger partial charge in [0.05, 0.1) is 18.6 Å². The van der Waals surface area contributed by atoms with Crippen LogP contribution in [-0.2, 0) is 10.2 Å². The molecule has 1 aromatic carbocycles. The number of aromatic nitrogens is 1. The highest BCUT2D eigenvalue weighted by Gasteiger charge is 2.49. The minimum atomic E-state index is -0.571. The minimum absolute atomic E-state index is 0.0907. The van der Waals surface area contributed by atoms with Crippen LogP contribution in [0.4, 0.5) is 0 Å². The molecule has 1 amide bonds. The molecule has 1 aliphatic heterocycles. The summed E-state index contributed by atoms with van der Waals surface area (Å²) in [5, 5.41) is 19.6. The number of piperidine rings is 1. The molecule has 0 aliphatic carbocycles. The zero-order valence-corrected chi connectivity index (χ0v) is 18.4. The lowest BCUT2D eigenvalue weighted by Crippen LogP contribution is -2.51. The predicted molar refractivity (Wildman–Crippen MR) is 120 cm³/mol. The largest absolute Gasteiger partial charge is 0.497 e. The fraction of sp³-hybridized carbons (Fsp3) is 0.250. The maximum absolute atomic E-state index is 13.4. The summed E-state index contributed by atoms with van der Waals surface area (Å²) in [7, 11) is 3.28. The van der Waals surface area contributed by atoms with Crippen molar-refractivity contribution in [2.24, 2.45) is 0 Å². The van der Waals surface area contributed by atoms with Gasteiger partial charge in [-0.2, -0.15) is 5.26 Å². The molecule has 1 N–H and O–H groups in total. The smallest absolute Gasteiger partial charge is 0.236 e. The molecular formula is C24H22N4O2S. The molecule has 156 valence electrons. The standard InChI is InChI=1S/C24H22N4O2S/c1-24(20-9-18(14-31-20)17-8-15(11-25)12-27-13-17)10-21(26)28(2)23(29)22(24)16-4-6-19(30-3)7-5-16/h4-9,12-14,22,26H,10H2,1-3H3/t22?,24-/m1/s1. The number of pyridine rings is 1. The van der Waals surface area contributed by atoms with Crippen molar-refractivity contribution in [2.75, 3.05) is 14.2 Å². The van der Waals surface area contributed by atoms with Crippen molar-refractivity contribution in [3.05, 3.63) is 70.2 Å². The van der Waals surface area contributed by atoms with E-state index in [9.17, 15) is 10.1 Å². The van der Waals surface area contributed by atoms with E-state index in [1.807, 2.05) is 35.7 Å². The number of likely N-dealkylation sites (tertiary alicyclic amines) is 1. The Morgan fingerprint density at radius 1 is 1.26 bits per heavy atom. The quantitative estimate of drug-likeness (QED) is 0.656. The van der Waals surface area contributed by atoms with Gasteiger partial charge in [0.1, 0.15) is 17.7 Å². The maximum Gasteiger partial charge on any atom is 0.236 e. The van der Waals surface area contributed by atoms with Crippen LogP contribution in [0.15, 0.2) is 54.2 Å². The van der Waals surface area contributed by atoms with Gasteiger partial charge in [0.25, 0.3) is 0 Å². The second-order valence-electron chi connectivity index (χ2n) is 7.92. The van der Waals surface area contributed by atoms with Crippen molar-refractivity contribution < 1.29 is 9.53 Å². The lowest BCUT2D eigenvalue weighted by molar-refractivity contribution is -0.131. The number of hydrogen-bond acceptors (Lipinski definition) is 6. The number of amides is 1. The Labute approximate surface area is 185 Å². The Hall–Kier alpha value is -3.50. The Balaban J connectivity index is 1.79. The number of benzene rings is 1. The van der Waals surface area contributed by atoms with E-state index in [-0.39, 0.29) is 5.91 Å². The number of carbonyl (C=O) groups excluding carboxylic acids is 1. The van der Waals surface area contributed by atoms with Gasteiger partial charge < -0.3 is 9.64 Å². The molecule has 1 unspecified atom stereocenters. The lowest BCUT2D eigenvalue weighted by Gasteiger charge is -2.44. The molecule has 7 heteroatoms. The highest BCUT2D eigenvalue weighted by molar-refractivity contribution is 7.10. The van der Waals surface area contributed by atoms with Crippen molar-refractivity contribution in [2.45, 2.75) is 24.7 Å². The molecule has 0 radical (unpaired) electrons. The van der Waals surface area contributed by atoms with Crippen LogP contribution >= 0.6 is 11.3 Å². The highest BCUT2D eigenvalue weighted by atomic mass is 32.1. The molecule has 3 aromatic rings.